The Morgan fingerprint density at radius 3 is 2.50 bits per heavy atom. The highest BCUT2D eigenvalue weighted by Crippen LogP contribution is 2.23. The summed E-state index contributed by atoms with van der Waals surface area (Å²) in [5.74, 6) is -0.529. The summed E-state index contributed by atoms with van der Waals surface area (Å²) >= 11 is 0. The van der Waals surface area contributed by atoms with Crippen LogP contribution >= 0.6 is 0 Å². The highest BCUT2D eigenvalue weighted by atomic mass is 19.1. The molecule has 0 aromatic heterocycles. The first-order valence-corrected chi connectivity index (χ1v) is 7.44. The van der Waals surface area contributed by atoms with E-state index in [4.69, 9.17) is 5.73 Å². The summed E-state index contributed by atoms with van der Waals surface area (Å²) in [5.41, 5.74) is 7.66. The SMILES string of the molecule is CC(=O)Nc1ccc([C@H](C)[C@H](N)C(=O)N2CC[C@H](F)C2)cc1. The van der Waals surface area contributed by atoms with E-state index in [0.717, 1.165) is 5.56 Å². The van der Waals surface area contributed by atoms with Gasteiger partial charge >= 0.3 is 0 Å². The lowest BCUT2D eigenvalue weighted by Gasteiger charge is -2.25. The van der Waals surface area contributed by atoms with Crippen LogP contribution in [0.2, 0.25) is 0 Å². The average molecular weight is 307 g/mol. The Kier molecular flexibility index (Phi) is 5.13. The summed E-state index contributed by atoms with van der Waals surface area (Å²) in [4.78, 5) is 24.8. The second-order valence-corrected chi connectivity index (χ2v) is 5.79. The van der Waals surface area contributed by atoms with Crippen LogP contribution in [0.5, 0.6) is 0 Å². The van der Waals surface area contributed by atoms with Crippen LogP contribution in [0, 0.1) is 0 Å². The van der Waals surface area contributed by atoms with Crippen molar-refractivity contribution in [1.29, 1.82) is 0 Å². The van der Waals surface area contributed by atoms with E-state index in [9.17, 15) is 14.0 Å². The minimum absolute atomic E-state index is 0.137. The Hall–Kier alpha value is -1.95. The number of amides is 2. The first-order valence-electron chi connectivity index (χ1n) is 7.44. The molecule has 1 aromatic rings. The van der Waals surface area contributed by atoms with E-state index in [-0.39, 0.29) is 24.3 Å². The Bertz CT molecular complexity index is 547. The van der Waals surface area contributed by atoms with Gasteiger partial charge in [-0.3, -0.25) is 9.59 Å². The van der Waals surface area contributed by atoms with Gasteiger partial charge in [-0.2, -0.15) is 0 Å². The van der Waals surface area contributed by atoms with Crippen LogP contribution in [0.3, 0.4) is 0 Å². The third-order valence-corrected chi connectivity index (χ3v) is 4.02. The number of hydrogen-bond donors (Lipinski definition) is 2. The molecule has 3 N–H and O–H groups in total. The smallest absolute Gasteiger partial charge is 0.240 e. The van der Waals surface area contributed by atoms with Crippen molar-refractivity contribution in [2.75, 3.05) is 18.4 Å². The molecule has 1 heterocycles. The molecule has 6 heteroatoms. The molecule has 1 saturated heterocycles. The Labute approximate surface area is 129 Å². The van der Waals surface area contributed by atoms with E-state index in [1.54, 1.807) is 12.1 Å². The highest BCUT2D eigenvalue weighted by molar-refractivity contribution is 5.88. The molecular weight excluding hydrogens is 285 g/mol. The van der Waals surface area contributed by atoms with E-state index >= 15 is 0 Å². The lowest BCUT2D eigenvalue weighted by Crippen LogP contribution is -2.45. The van der Waals surface area contributed by atoms with Crippen LogP contribution in [0.15, 0.2) is 24.3 Å². The maximum Gasteiger partial charge on any atom is 0.240 e. The second kappa shape index (κ2) is 6.87. The molecular formula is C16H22FN3O2. The molecule has 120 valence electrons. The predicted molar refractivity (Wildman–Crippen MR) is 83.2 cm³/mol. The maximum atomic E-state index is 13.2. The van der Waals surface area contributed by atoms with Crippen molar-refractivity contribution in [1.82, 2.24) is 4.90 Å². The fraction of sp³-hybridized carbons (Fsp3) is 0.500. The molecule has 5 nitrogen and oxygen atoms in total. The molecule has 1 aliphatic heterocycles. The lowest BCUT2D eigenvalue weighted by atomic mass is 9.93. The van der Waals surface area contributed by atoms with Gasteiger partial charge in [0.1, 0.15) is 6.17 Å². The van der Waals surface area contributed by atoms with Crippen LogP contribution in [-0.2, 0) is 9.59 Å². The van der Waals surface area contributed by atoms with Crippen molar-refractivity contribution >= 4 is 17.5 Å². The standard InChI is InChI=1S/C16H22FN3O2/c1-10(12-3-5-14(6-4-12)19-11(2)21)15(18)16(22)20-8-7-13(17)9-20/h3-6,10,13,15H,7-9,18H2,1-2H3,(H,19,21)/t10-,13-,15-/m0/s1. The van der Waals surface area contributed by atoms with Gasteiger partial charge in [-0.15, -0.1) is 0 Å². The number of likely N-dealkylation sites (tertiary alicyclic amines) is 1. The number of benzene rings is 1. The minimum Gasteiger partial charge on any atom is -0.338 e. The number of halogens is 1. The van der Waals surface area contributed by atoms with Gasteiger partial charge in [0.05, 0.1) is 12.6 Å². The molecule has 1 aromatic carbocycles. The molecule has 22 heavy (non-hydrogen) atoms. The van der Waals surface area contributed by atoms with E-state index in [0.29, 0.717) is 18.7 Å². The third kappa shape index (κ3) is 3.82. The second-order valence-electron chi connectivity index (χ2n) is 5.79. The van der Waals surface area contributed by atoms with E-state index in [1.165, 1.54) is 11.8 Å². The molecule has 0 aliphatic carbocycles. The van der Waals surface area contributed by atoms with Crippen molar-refractivity contribution in [2.24, 2.45) is 5.73 Å². The van der Waals surface area contributed by atoms with Gasteiger partial charge in [-0.05, 0) is 24.1 Å². The average Bonchev–Trinajstić information content (AvgIpc) is 2.91. The van der Waals surface area contributed by atoms with Crippen LogP contribution < -0.4 is 11.1 Å². The van der Waals surface area contributed by atoms with Crippen molar-refractivity contribution in [2.45, 2.75) is 38.4 Å². The normalized spacial score (nSPS) is 20.5. The van der Waals surface area contributed by atoms with E-state index in [2.05, 4.69) is 5.32 Å². The van der Waals surface area contributed by atoms with E-state index in [1.807, 2.05) is 19.1 Å². The Morgan fingerprint density at radius 1 is 1.36 bits per heavy atom. The largest absolute Gasteiger partial charge is 0.338 e. The van der Waals surface area contributed by atoms with E-state index < -0.39 is 12.2 Å². The number of hydrogen-bond acceptors (Lipinski definition) is 3. The monoisotopic (exact) mass is 307 g/mol. The molecule has 0 bridgehead atoms. The number of nitrogens with two attached hydrogens (primary N) is 1. The van der Waals surface area contributed by atoms with Gasteiger partial charge in [-0.25, -0.2) is 4.39 Å². The third-order valence-electron chi connectivity index (χ3n) is 4.02. The molecule has 1 aliphatic rings. The zero-order chi connectivity index (χ0) is 16.3. The zero-order valence-electron chi connectivity index (χ0n) is 12.9. The molecule has 0 radical (unpaired) electrons. The summed E-state index contributed by atoms with van der Waals surface area (Å²) in [7, 11) is 0. The number of carbonyl (C=O) groups is 2. The molecule has 3 atom stereocenters. The summed E-state index contributed by atoms with van der Waals surface area (Å²) in [6, 6.07) is 6.53. The number of anilines is 1. The van der Waals surface area contributed by atoms with Crippen LogP contribution in [0.1, 0.15) is 31.7 Å². The quantitative estimate of drug-likeness (QED) is 0.888. The van der Waals surface area contributed by atoms with Crippen LogP contribution in [0.25, 0.3) is 0 Å². The highest BCUT2D eigenvalue weighted by Gasteiger charge is 2.31. The van der Waals surface area contributed by atoms with Gasteiger partial charge in [0.2, 0.25) is 11.8 Å². The minimum atomic E-state index is -0.941. The Balaban J connectivity index is 2.01. The van der Waals surface area contributed by atoms with Gasteiger partial charge in [0.15, 0.2) is 0 Å². The van der Waals surface area contributed by atoms with Crippen molar-refractivity contribution in [3.05, 3.63) is 29.8 Å². The van der Waals surface area contributed by atoms with Crippen molar-refractivity contribution in [3.63, 3.8) is 0 Å². The maximum absolute atomic E-state index is 13.2. The van der Waals surface area contributed by atoms with Gasteiger partial charge in [0.25, 0.3) is 0 Å². The molecule has 1 fully saturated rings. The summed E-state index contributed by atoms with van der Waals surface area (Å²) in [5, 5.41) is 2.69. The number of nitrogens with one attached hydrogen (secondary N) is 1. The first kappa shape index (κ1) is 16.4. The summed E-state index contributed by atoms with van der Waals surface area (Å²) in [6.45, 7) is 3.89. The molecule has 2 rings (SSSR count). The fourth-order valence-electron chi connectivity index (χ4n) is 2.62. The van der Waals surface area contributed by atoms with Crippen LogP contribution in [0.4, 0.5) is 10.1 Å². The number of nitrogens with zero attached hydrogens (tertiary/aromatic N) is 1. The molecule has 0 unspecified atom stereocenters. The number of rotatable bonds is 4. The first-order chi connectivity index (χ1) is 10.4. The van der Waals surface area contributed by atoms with Crippen molar-refractivity contribution in [3.8, 4) is 0 Å². The summed E-state index contributed by atoms with van der Waals surface area (Å²) < 4.78 is 13.2. The predicted octanol–water partition coefficient (Wildman–Crippen LogP) is 1.65. The number of alkyl halides is 1. The molecule has 2 amide bonds. The Morgan fingerprint density at radius 2 is 2.00 bits per heavy atom. The van der Waals surface area contributed by atoms with Gasteiger partial charge < -0.3 is 16.0 Å². The van der Waals surface area contributed by atoms with Gasteiger partial charge in [0, 0.05) is 25.1 Å². The summed E-state index contributed by atoms with van der Waals surface area (Å²) in [6.07, 6.45) is -0.554. The van der Waals surface area contributed by atoms with Crippen LogP contribution in [-0.4, -0.2) is 42.0 Å². The lowest BCUT2D eigenvalue weighted by molar-refractivity contribution is -0.132. The molecule has 0 saturated carbocycles. The fourth-order valence-corrected chi connectivity index (χ4v) is 2.62. The van der Waals surface area contributed by atoms with Gasteiger partial charge in [-0.1, -0.05) is 19.1 Å². The topological polar surface area (TPSA) is 75.4 Å². The molecule has 0 spiro atoms. The van der Waals surface area contributed by atoms with Crippen molar-refractivity contribution < 1.29 is 14.0 Å². The number of carbonyl (C=O) groups excluding carboxylic acids is 2. The zero-order valence-corrected chi connectivity index (χ0v) is 12.9.